The summed E-state index contributed by atoms with van der Waals surface area (Å²) in [6, 6.07) is 14.7. The molecule has 0 saturated carbocycles. The van der Waals surface area contributed by atoms with Gasteiger partial charge in [-0.15, -0.1) is 22.7 Å². The van der Waals surface area contributed by atoms with Crippen molar-refractivity contribution in [2.45, 2.75) is 52.4 Å². The van der Waals surface area contributed by atoms with Crippen LogP contribution in [0.5, 0.6) is 17.2 Å². The van der Waals surface area contributed by atoms with E-state index in [2.05, 4.69) is 33.3 Å². The number of Topliss-reactive ketones (excluding diaryl/α,β-unsaturated/α-hetero) is 2. The highest BCUT2D eigenvalue weighted by molar-refractivity contribution is 7.12. The Kier molecular flexibility index (Phi) is 16.2. The van der Waals surface area contributed by atoms with Gasteiger partial charge in [0, 0.05) is 10.8 Å². The molecule has 0 amide bonds. The summed E-state index contributed by atoms with van der Waals surface area (Å²) in [5.41, 5.74) is 1.47. The zero-order chi connectivity index (χ0) is 34.7. The number of ketones is 2. The van der Waals surface area contributed by atoms with Gasteiger partial charge >= 0.3 is 11.9 Å². The molecule has 256 valence electrons. The van der Waals surface area contributed by atoms with E-state index in [0.717, 1.165) is 41.3 Å². The normalized spacial score (nSPS) is 10.3. The minimum atomic E-state index is -0.563. The summed E-state index contributed by atoms with van der Waals surface area (Å²) >= 11 is 2.19. The largest absolute Gasteiger partial charge is 0.494 e. The quantitative estimate of drug-likeness (QED) is 0.0588. The van der Waals surface area contributed by atoms with Crippen LogP contribution in [0.15, 0.2) is 59.3 Å². The zero-order valence-electron chi connectivity index (χ0n) is 27.5. The molecule has 0 saturated heterocycles. The number of aromatic nitrogens is 2. The molecule has 0 N–H and O–H groups in total. The van der Waals surface area contributed by atoms with Gasteiger partial charge in [0.05, 0.1) is 20.8 Å². The summed E-state index contributed by atoms with van der Waals surface area (Å²) < 4.78 is 25.7. The van der Waals surface area contributed by atoms with Crippen LogP contribution in [0.25, 0.3) is 0 Å². The van der Waals surface area contributed by atoms with Gasteiger partial charge in [-0.3, -0.25) is 9.59 Å². The monoisotopic (exact) mass is 696 g/mol. The zero-order valence-corrected chi connectivity index (χ0v) is 29.2. The number of benzene rings is 2. The van der Waals surface area contributed by atoms with Crippen molar-refractivity contribution in [2.24, 2.45) is 0 Å². The number of rotatable bonds is 18. The summed E-state index contributed by atoms with van der Waals surface area (Å²) in [7, 11) is 2.54. The fourth-order valence-electron chi connectivity index (χ4n) is 3.97. The Morgan fingerprint density at radius 3 is 1.48 bits per heavy atom. The third-order valence-electron chi connectivity index (χ3n) is 6.69. The summed E-state index contributed by atoms with van der Waals surface area (Å²) in [5, 5.41) is 3.45. The summed E-state index contributed by atoms with van der Waals surface area (Å²) in [6.07, 6.45) is 6.95. The topological polar surface area (TPSA) is 140 Å². The fourth-order valence-corrected chi connectivity index (χ4v) is 5.40. The van der Waals surface area contributed by atoms with Gasteiger partial charge in [0.15, 0.2) is 34.6 Å². The second-order valence-electron chi connectivity index (χ2n) is 10.2. The predicted octanol–water partition coefficient (Wildman–Crippen LogP) is 7.29. The molecular formula is C35H40N2O9S2. The van der Waals surface area contributed by atoms with Crippen LogP contribution in [0.4, 0.5) is 0 Å². The smallest absolute Gasteiger partial charge is 0.357 e. The van der Waals surface area contributed by atoms with Gasteiger partial charge in [0.25, 0.3) is 0 Å². The molecule has 0 bridgehead atoms. The number of ether oxygens (including phenoxy) is 5. The van der Waals surface area contributed by atoms with Crippen LogP contribution in [-0.4, -0.2) is 67.5 Å². The Labute approximate surface area is 288 Å². The summed E-state index contributed by atoms with van der Waals surface area (Å²) in [5.74, 6) is 0.311. The molecule has 2 aromatic carbocycles. The van der Waals surface area contributed by atoms with Crippen molar-refractivity contribution in [1.29, 1.82) is 0 Å². The Morgan fingerprint density at radius 2 is 1.04 bits per heavy atom. The molecule has 2 heterocycles. The Balaban J connectivity index is 0.000000269. The third-order valence-corrected chi connectivity index (χ3v) is 8.45. The molecule has 13 heteroatoms. The van der Waals surface area contributed by atoms with Crippen molar-refractivity contribution in [3.8, 4) is 17.2 Å². The van der Waals surface area contributed by atoms with E-state index in [0.29, 0.717) is 18.1 Å². The summed E-state index contributed by atoms with van der Waals surface area (Å²) in [6.45, 7) is 4.71. The second-order valence-corrected chi connectivity index (χ2v) is 11.9. The van der Waals surface area contributed by atoms with E-state index in [9.17, 15) is 19.2 Å². The maximum absolute atomic E-state index is 12.1. The maximum Gasteiger partial charge on any atom is 0.357 e. The predicted molar refractivity (Wildman–Crippen MR) is 183 cm³/mol. The van der Waals surface area contributed by atoms with Gasteiger partial charge in [-0.1, -0.05) is 51.7 Å². The van der Waals surface area contributed by atoms with E-state index in [1.807, 2.05) is 36.4 Å². The average molecular weight is 697 g/mol. The molecule has 0 aliphatic carbocycles. The van der Waals surface area contributed by atoms with Crippen LogP contribution >= 0.6 is 22.7 Å². The van der Waals surface area contributed by atoms with E-state index in [-0.39, 0.29) is 46.2 Å². The highest BCUT2D eigenvalue weighted by atomic mass is 32.1. The summed E-state index contributed by atoms with van der Waals surface area (Å²) in [4.78, 5) is 54.6. The van der Waals surface area contributed by atoms with Crippen molar-refractivity contribution < 1.29 is 42.9 Å². The SMILES string of the molecule is CCCCCCCOc1ccc(OCC(=O)c2nc(C(=O)OC)cs2)cc1.CCc1ccc(OCC(=O)c2nc(C(=O)OC)cs2)cc1. The van der Waals surface area contributed by atoms with E-state index >= 15 is 0 Å². The Bertz CT molecular complexity index is 1600. The molecule has 0 radical (unpaired) electrons. The highest BCUT2D eigenvalue weighted by Crippen LogP contribution is 2.19. The van der Waals surface area contributed by atoms with Crippen molar-refractivity contribution >= 4 is 46.2 Å². The van der Waals surface area contributed by atoms with Gasteiger partial charge in [0.1, 0.15) is 17.2 Å². The average Bonchev–Trinajstić information content (AvgIpc) is 3.83. The lowest BCUT2D eigenvalue weighted by molar-refractivity contribution is 0.0586. The molecule has 0 aliphatic heterocycles. The highest BCUT2D eigenvalue weighted by Gasteiger charge is 2.17. The number of carbonyl (C=O) groups is 4. The number of hydrogen-bond donors (Lipinski definition) is 0. The number of carbonyl (C=O) groups excluding carboxylic acids is 4. The number of hydrogen-bond acceptors (Lipinski definition) is 13. The van der Waals surface area contributed by atoms with Gasteiger partial charge in [-0.05, 0) is 54.8 Å². The lowest BCUT2D eigenvalue weighted by atomic mass is 10.2. The van der Waals surface area contributed by atoms with Crippen LogP contribution < -0.4 is 14.2 Å². The second kappa shape index (κ2) is 20.6. The van der Waals surface area contributed by atoms with Gasteiger partial charge in [-0.2, -0.15) is 0 Å². The van der Waals surface area contributed by atoms with E-state index in [4.69, 9.17) is 14.2 Å². The van der Waals surface area contributed by atoms with E-state index < -0.39 is 11.9 Å². The number of nitrogens with zero attached hydrogens (tertiary/aromatic N) is 2. The molecule has 0 atom stereocenters. The van der Waals surface area contributed by atoms with Crippen molar-refractivity contribution in [3.63, 3.8) is 0 Å². The van der Waals surface area contributed by atoms with E-state index in [1.165, 1.54) is 56.2 Å². The van der Waals surface area contributed by atoms with Crippen LogP contribution in [-0.2, 0) is 15.9 Å². The van der Waals surface area contributed by atoms with Gasteiger partial charge in [-0.25, -0.2) is 19.6 Å². The first-order valence-electron chi connectivity index (χ1n) is 15.5. The number of esters is 2. The number of thiazole rings is 2. The molecule has 0 spiro atoms. The molecule has 4 rings (SSSR count). The minimum Gasteiger partial charge on any atom is -0.494 e. The third kappa shape index (κ3) is 12.5. The van der Waals surface area contributed by atoms with Crippen molar-refractivity contribution in [1.82, 2.24) is 9.97 Å². The first kappa shape index (κ1) is 37.8. The van der Waals surface area contributed by atoms with Gasteiger partial charge < -0.3 is 23.7 Å². The Hall–Kier alpha value is -4.62. The number of unbranched alkanes of at least 4 members (excludes halogenated alkanes) is 4. The fraction of sp³-hybridized carbons (Fsp3) is 0.371. The van der Waals surface area contributed by atoms with Crippen molar-refractivity contribution in [2.75, 3.05) is 34.0 Å². The lowest BCUT2D eigenvalue weighted by Gasteiger charge is -2.08. The molecule has 11 nitrogen and oxygen atoms in total. The number of aryl methyl sites for hydroxylation is 1. The maximum atomic E-state index is 12.1. The van der Waals surface area contributed by atoms with Crippen LogP contribution in [0.2, 0.25) is 0 Å². The van der Waals surface area contributed by atoms with Crippen molar-refractivity contribution in [3.05, 3.63) is 86.3 Å². The minimum absolute atomic E-state index is 0.112. The number of methoxy groups -OCH3 is 2. The van der Waals surface area contributed by atoms with Gasteiger partial charge in [0.2, 0.25) is 11.6 Å². The Morgan fingerprint density at radius 1 is 0.604 bits per heavy atom. The lowest BCUT2D eigenvalue weighted by Crippen LogP contribution is -2.12. The van der Waals surface area contributed by atoms with Crippen LogP contribution in [0, 0.1) is 0 Å². The van der Waals surface area contributed by atoms with Crippen LogP contribution in [0.3, 0.4) is 0 Å². The standard InChI is InChI=1S/C20H25NO5S.C15H15NO4S/c1-3-4-5-6-7-12-25-15-8-10-16(11-9-15)26-13-18(22)19-21-17(14-27-19)20(23)24-2;1-3-10-4-6-11(7-5-10)20-8-13(17)14-16-12(9-21-14)15(18)19-2/h8-11,14H,3-7,12-13H2,1-2H3;4-7,9H,3,8H2,1-2H3. The molecule has 4 aromatic rings. The first-order chi connectivity index (χ1) is 23.3. The molecule has 0 fully saturated rings. The molecule has 48 heavy (non-hydrogen) atoms. The van der Waals surface area contributed by atoms with Crippen LogP contribution in [0.1, 0.15) is 92.1 Å². The first-order valence-corrected chi connectivity index (χ1v) is 17.2. The molecular weight excluding hydrogens is 657 g/mol. The molecule has 0 aliphatic rings. The van der Waals surface area contributed by atoms with E-state index in [1.54, 1.807) is 12.1 Å². The molecule has 2 aromatic heterocycles. The molecule has 0 unspecified atom stereocenters.